The van der Waals surface area contributed by atoms with Crippen LogP contribution in [0.2, 0.25) is 0 Å². The van der Waals surface area contributed by atoms with Gasteiger partial charge in [-0.15, -0.1) is 0 Å². The highest BCUT2D eigenvalue weighted by molar-refractivity contribution is 7.98. The Morgan fingerprint density at radius 1 is 1.16 bits per heavy atom. The second kappa shape index (κ2) is 11.8. The summed E-state index contributed by atoms with van der Waals surface area (Å²) in [5, 5.41) is 14.2. The molecule has 7 nitrogen and oxygen atoms in total. The van der Waals surface area contributed by atoms with E-state index in [-0.39, 0.29) is 5.91 Å². The van der Waals surface area contributed by atoms with Gasteiger partial charge in [0, 0.05) is 11.3 Å². The molecule has 2 unspecified atom stereocenters. The standard InChI is InChI=1S/C23H25N3O4S/c1-15-5-4-6-18(13-15)22(28)26-20(11-12-31-3)23(29)30-16(2)21(27)25-19-9-7-17(14-24)8-10-19/h4-10,13,16,20H,11-12H2,1-3H3,(H,25,27)(H,26,28). The van der Waals surface area contributed by atoms with E-state index in [2.05, 4.69) is 10.6 Å². The molecule has 162 valence electrons. The van der Waals surface area contributed by atoms with Crippen LogP contribution in [-0.4, -0.2) is 41.9 Å². The lowest BCUT2D eigenvalue weighted by molar-refractivity contribution is -0.155. The summed E-state index contributed by atoms with van der Waals surface area (Å²) in [6, 6.07) is 14.5. The monoisotopic (exact) mass is 439 g/mol. The average Bonchev–Trinajstić information content (AvgIpc) is 2.76. The SMILES string of the molecule is CSCCC(NC(=O)c1cccc(C)c1)C(=O)OC(C)C(=O)Nc1ccc(C#N)cc1. The zero-order valence-corrected chi connectivity index (χ0v) is 18.5. The van der Waals surface area contributed by atoms with Crippen molar-refractivity contribution >= 4 is 35.2 Å². The molecule has 2 rings (SSSR count). The number of nitriles is 1. The van der Waals surface area contributed by atoms with Crippen LogP contribution < -0.4 is 10.6 Å². The third kappa shape index (κ3) is 7.46. The first-order chi connectivity index (χ1) is 14.8. The van der Waals surface area contributed by atoms with E-state index < -0.39 is 24.0 Å². The van der Waals surface area contributed by atoms with Crippen molar-refractivity contribution in [1.82, 2.24) is 5.32 Å². The number of benzene rings is 2. The molecular formula is C23H25N3O4S. The summed E-state index contributed by atoms with van der Waals surface area (Å²) >= 11 is 1.54. The number of aryl methyl sites for hydroxylation is 1. The Morgan fingerprint density at radius 2 is 1.87 bits per heavy atom. The molecule has 0 fully saturated rings. The number of anilines is 1. The Hall–Kier alpha value is -3.31. The van der Waals surface area contributed by atoms with Crippen LogP contribution >= 0.6 is 11.8 Å². The summed E-state index contributed by atoms with van der Waals surface area (Å²) in [5.74, 6) is -0.912. The largest absolute Gasteiger partial charge is 0.451 e. The highest BCUT2D eigenvalue weighted by atomic mass is 32.2. The van der Waals surface area contributed by atoms with Crippen LogP contribution in [0.1, 0.15) is 34.8 Å². The Bertz CT molecular complexity index is 970. The van der Waals surface area contributed by atoms with Crippen molar-refractivity contribution in [2.45, 2.75) is 32.4 Å². The minimum absolute atomic E-state index is 0.374. The van der Waals surface area contributed by atoms with Gasteiger partial charge in [0.25, 0.3) is 11.8 Å². The number of hydrogen-bond acceptors (Lipinski definition) is 6. The lowest BCUT2D eigenvalue weighted by Crippen LogP contribution is -2.44. The molecule has 0 bridgehead atoms. The maximum absolute atomic E-state index is 12.7. The fraction of sp³-hybridized carbons (Fsp3) is 0.304. The summed E-state index contributed by atoms with van der Waals surface area (Å²) in [5.41, 5.74) is 2.34. The van der Waals surface area contributed by atoms with Crippen LogP contribution in [0, 0.1) is 18.3 Å². The normalized spacial score (nSPS) is 12.2. The number of nitrogens with zero attached hydrogens (tertiary/aromatic N) is 1. The topological polar surface area (TPSA) is 108 Å². The number of amides is 2. The molecule has 2 amide bonds. The molecule has 2 aromatic rings. The van der Waals surface area contributed by atoms with Crippen LogP contribution in [0.3, 0.4) is 0 Å². The number of esters is 1. The quantitative estimate of drug-likeness (QED) is 0.581. The number of carbonyl (C=O) groups excluding carboxylic acids is 3. The van der Waals surface area contributed by atoms with Gasteiger partial charge >= 0.3 is 5.97 Å². The molecule has 0 aliphatic heterocycles. The van der Waals surface area contributed by atoms with Crippen molar-refractivity contribution in [1.29, 1.82) is 5.26 Å². The van der Waals surface area contributed by atoms with Crippen molar-refractivity contribution < 1.29 is 19.1 Å². The van der Waals surface area contributed by atoms with Crippen LogP contribution in [0.15, 0.2) is 48.5 Å². The molecule has 31 heavy (non-hydrogen) atoms. The van der Waals surface area contributed by atoms with E-state index in [4.69, 9.17) is 10.00 Å². The number of thioether (sulfide) groups is 1. The number of ether oxygens (including phenoxy) is 1. The van der Waals surface area contributed by atoms with E-state index in [9.17, 15) is 14.4 Å². The van der Waals surface area contributed by atoms with E-state index >= 15 is 0 Å². The molecule has 0 aromatic heterocycles. The summed E-state index contributed by atoms with van der Waals surface area (Å²) < 4.78 is 5.32. The molecule has 2 N–H and O–H groups in total. The fourth-order valence-electron chi connectivity index (χ4n) is 2.69. The molecule has 0 aliphatic carbocycles. The maximum atomic E-state index is 12.7. The minimum atomic E-state index is -1.06. The smallest absolute Gasteiger partial charge is 0.329 e. The van der Waals surface area contributed by atoms with Crippen molar-refractivity contribution in [2.75, 3.05) is 17.3 Å². The average molecular weight is 440 g/mol. The Balaban J connectivity index is 2.00. The number of hydrogen-bond donors (Lipinski definition) is 2. The van der Waals surface area contributed by atoms with Gasteiger partial charge in [-0.25, -0.2) is 4.79 Å². The maximum Gasteiger partial charge on any atom is 0.329 e. The van der Waals surface area contributed by atoms with E-state index in [0.29, 0.717) is 29.0 Å². The second-order valence-corrected chi connectivity index (χ2v) is 7.92. The number of rotatable bonds is 9. The summed E-state index contributed by atoms with van der Waals surface area (Å²) in [6.07, 6.45) is 1.22. The minimum Gasteiger partial charge on any atom is -0.451 e. The Kier molecular flexibility index (Phi) is 9.10. The van der Waals surface area contributed by atoms with Gasteiger partial charge < -0.3 is 15.4 Å². The first kappa shape index (κ1) is 24.0. The van der Waals surface area contributed by atoms with Gasteiger partial charge in [-0.2, -0.15) is 17.0 Å². The van der Waals surface area contributed by atoms with Crippen LogP contribution in [0.25, 0.3) is 0 Å². The zero-order valence-electron chi connectivity index (χ0n) is 17.7. The van der Waals surface area contributed by atoms with E-state index in [1.807, 2.05) is 25.3 Å². The molecule has 0 aliphatic rings. The number of nitrogens with one attached hydrogen (secondary N) is 2. The van der Waals surface area contributed by atoms with Gasteiger partial charge in [0.2, 0.25) is 0 Å². The molecule has 0 saturated carbocycles. The van der Waals surface area contributed by atoms with E-state index in [1.54, 1.807) is 54.2 Å². The van der Waals surface area contributed by atoms with Crippen LogP contribution in [-0.2, 0) is 14.3 Å². The Morgan fingerprint density at radius 3 is 2.48 bits per heavy atom. The van der Waals surface area contributed by atoms with Gasteiger partial charge in [0.1, 0.15) is 6.04 Å². The zero-order chi connectivity index (χ0) is 22.8. The fourth-order valence-corrected chi connectivity index (χ4v) is 3.17. The van der Waals surface area contributed by atoms with Crippen LogP contribution in [0.5, 0.6) is 0 Å². The van der Waals surface area contributed by atoms with Gasteiger partial charge in [0.15, 0.2) is 6.10 Å². The summed E-state index contributed by atoms with van der Waals surface area (Å²) in [4.78, 5) is 37.6. The van der Waals surface area contributed by atoms with Crippen molar-refractivity contribution in [2.24, 2.45) is 0 Å². The predicted molar refractivity (Wildman–Crippen MR) is 121 cm³/mol. The third-order valence-electron chi connectivity index (χ3n) is 4.42. The highest BCUT2D eigenvalue weighted by Gasteiger charge is 2.26. The van der Waals surface area contributed by atoms with Gasteiger partial charge in [-0.05, 0) is 68.7 Å². The first-order valence-electron chi connectivity index (χ1n) is 9.72. The molecule has 2 aromatic carbocycles. The molecular weight excluding hydrogens is 414 g/mol. The second-order valence-electron chi connectivity index (χ2n) is 6.93. The lowest BCUT2D eigenvalue weighted by atomic mass is 10.1. The molecule has 0 heterocycles. The van der Waals surface area contributed by atoms with Gasteiger partial charge in [-0.1, -0.05) is 17.7 Å². The van der Waals surface area contributed by atoms with E-state index in [0.717, 1.165) is 5.56 Å². The molecule has 0 saturated heterocycles. The molecule has 0 radical (unpaired) electrons. The molecule has 0 spiro atoms. The van der Waals surface area contributed by atoms with Crippen molar-refractivity contribution in [3.63, 3.8) is 0 Å². The van der Waals surface area contributed by atoms with Crippen molar-refractivity contribution in [3.8, 4) is 6.07 Å². The molecule has 8 heteroatoms. The summed E-state index contributed by atoms with van der Waals surface area (Å²) in [7, 11) is 0. The predicted octanol–water partition coefficient (Wildman–Crippen LogP) is 3.29. The van der Waals surface area contributed by atoms with E-state index in [1.165, 1.54) is 6.92 Å². The summed E-state index contributed by atoms with van der Waals surface area (Å²) in [6.45, 7) is 3.34. The highest BCUT2D eigenvalue weighted by Crippen LogP contribution is 2.12. The molecule has 2 atom stereocenters. The Labute approximate surface area is 186 Å². The van der Waals surface area contributed by atoms with Crippen molar-refractivity contribution in [3.05, 3.63) is 65.2 Å². The number of carbonyl (C=O) groups is 3. The van der Waals surface area contributed by atoms with Gasteiger partial charge in [0.05, 0.1) is 11.6 Å². The van der Waals surface area contributed by atoms with Gasteiger partial charge in [-0.3, -0.25) is 9.59 Å². The van der Waals surface area contributed by atoms with Crippen LogP contribution in [0.4, 0.5) is 5.69 Å². The third-order valence-corrected chi connectivity index (χ3v) is 5.07. The first-order valence-corrected chi connectivity index (χ1v) is 11.1. The lowest BCUT2D eigenvalue weighted by Gasteiger charge is -2.20.